The number of hydrogen-bond acceptors (Lipinski definition) is 3. The first-order valence-electron chi connectivity index (χ1n) is 8.93. The largest absolute Gasteiger partial charge is 0.361 e. The van der Waals surface area contributed by atoms with Gasteiger partial charge in [-0.15, -0.1) is 0 Å². The molecule has 3 rings (SSSR count). The molecule has 6 nitrogen and oxygen atoms in total. The number of aromatic nitrogens is 1. The highest BCUT2D eigenvalue weighted by Gasteiger charge is 2.20. The van der Waals surface area contributed by atoms with Gasteiger partial charge in [0.05, 0.1) is 0 Å². The molecule has 2 N–H and O–H groups in total. The molecule has 2 heterocycles. The predicted molar refractivity (Wildman–Crippen MR) is 98.3 cm³/mol. The first-order chi connectivity index (χ1) is 12.1. The summed E-state index contributed by atoms with van der Waals surface area (Å²) < 4.78 is 0. The molecule has 25 heavy (non-hydrogen) atoms. The monoisotopic (exact) mass is 342 g/mol. The van der Waals surface area contributed by atoms with Crippen molar-refractivity contribution in [2.24, 2.45) is 0 Å². The Morgan fingerprint density at radius 3 is 2.68 bits per heavy atom. The smallest absolute Gasteiger partial charge is 0.224 e. The molecule has 1 fully saturated rings. The van der Waals surface area contributed by atoms with Crippen LogP contribution in [0.2, 0.25) is 0 Å². The van der Waals surface area contributed by atoms with E-state index in [1.807, 2.05) is 11.0 Å². The SMILES string of the molecule is CC(=O)NCCC(=O)N1CCN(CCc2c[nH]c3ccccc23)CC1. The summed E-state index contributed by atoms with van der Waals surface area (Å²) in [5, 5.41) is 3.98. The number of fused-ring (bicyclic) bond motifs is 1. The van der Waals surface area contributed by atoms with E-state index in [9.17, 15) is 9.59 Å². The Morgan fingerprint density at radius 1 is 1.16 bits per heavy atom. The molecule has 1 aliphatic heterocycles. The van der Waals surface area contributed by atoms with Crippen LogP contribution in [-0.2, 0) is 16.0 Å². The quantitative estimate of drug-likeness (QED) is 0.833. The summed E-state index contributed by atoms with van der Waals surface area (Å²) in [6.45, 7) is 6.27. The summed E-state index contributed by atoms with van der Waals surface area (Å²) in [4.78, 5) is 30.6. The summed E-state index contributed by atoms with van der Waals surface area (Å²) in [5.41, 5.74) is 2.54. The maximum atomic E-state index is 12.1. The van der Waals surface area contributed by atoms with Crippen molar-refractivity contribution >= 4 is 22.7 Å². The van der Waals surface area contributed by atoms with Gasteiger partial charge in [-0.05, 0) is 18.1 Å². The van der Waals surface area contributed by atoms with Crippen LogP contribution in [0.5, 0.6) is 0 Å². The van der Waals surface area contributed by atoms with Gasteiger partial charge in [-0.25, -0.2) is 0 Å². The Hall–Kier alpha value is -2.34. The van der Waals surface area contributed by atoms with Crippen LogP contribution in [0.4, 0.5) is 0 Å². The van der Waals surface area contributed by atoms with Crippen LogP contribution in [0.25, 0.3) is 10.9 Å². The van der Waals surface area contributed by atoms with Crippen LogP contribution >= 0.6 is 0 Å². The molecular weight excluding hydrogens is 316 g/mol. The van der Waals surface area contributed by atoms with Gasteiger partial charge in [0.15, 0.2) is 0 Å². The minimum atomic E-state index is -0.0881. The Balaban J connectivity index is 1.42. The molecular formula is C19H26N4O2. The normalized spacial score (nSPS) is 15.5. The molecule has 0 saturated carbocycles. The number of amides is 2. The van der Waals surface area contributed by atoms with Crippen molar-refractivity contribution in [3.8, 4) is 0 Å². The summed E-state index contributed by atoms with van der Waals surface area (Å²) in [7, 11) is 0. The minimum absolute atomic E-state index is 0.0881. The van der Waals surface area contributed by atoms with Crippen LogP contribution in [0.15, 0.2) is 30.5 Å². The Labute approximate surface area is 148 Å². The second-order valence-electron chi connectivity index (χ2n) is 6.56. The van der Waals surface area contributed by atoms with E-state index in [0.717, 1.165) is 39.1 Å². The lowest BCUT2D eigenvalue weighted by Crippen LogP contribution is -2.49. The Kier molecular flexibility index (Phi) is 5.71. The molecule has 1 aliphatic rings. The van der Waals surface area contributed by atoms with E-state index in [4.69, 9.17) is 0 Å². The molecule has 0 bridgehead atoms. The van der Waals surface area contributed by atoms with E-state index in [1.54, 1.807) is 0 Å². The van der Waals surface area contributed by atoms with E-state index in [-0.39, 0.29) is 11.8 Å². The summed E-state index contributed by atoms with van der Waals surface area (Å²) in [6.07, 6.45) is 3.50. The number of benzene rings is 1. The molecule has 0 radical (unpaired) electrons. The van der Waals surface area contributed by atoms with Gasteiger partial charge in [-0.1, -0.05) is 18.2 Å². The Bertz CT molecular complexity index is 732. The molecule has 2 aromatic rings. The topological polar surface area (TPSA) is 68.4 Å². The van der Waals surface area contributed by atoms with Crippen molar-refractivity contribution in [2.75, 3.05) is 39.3 Å². The molecule has 0 aliphatic carbocycles. The van der Waals surface area contributed by atoms with Gasteiger partial charge < -0.3 is 15.2 Å². The van der Waals surface area contributed by atoms with E-state index in [1.165, 1.54) is 23.4 Å². The molecule has 0 spiro atoms. The fourth-order valence-corrected chi connectivity index (χ4v) is 3.34. The number of nitrogens with one attached hydrogen (secondary N) is 2. The van der Waals surface area contributed by atoms with Crippen LogP contribution in [0, 0.1) is 0 Å². The number of carbonyl (C=O) groups is 2. The third kappa shape index (κ3) is 4.60. The molecule has 1 saturated heterocycles. The van der Waals surface area contributed by atoms with Crippen molar-refractivity contribution in [1.29, 1.82) is 0 Å². The average molecular weight is 342 g/mol. The zero-order chi connectivity index (χ0) is 17.6. The zero-order valence-corrected chi connectivity index (χ0v) is 14.8. The third-order valence-corrected chi connectivity index (χ3v) is 4.81. The van der Waals surface area contributed by atoms with Gasteiger partial charge in [0.25, 0.3) is 0 Å². The van der Waals surface area contributed by atoms with Crippen LogP contribution < -0.4 is 5.32 Å². The van der Waals surface area contributed by atoms with Crippen molar-refractivity contribution in [1.82, 2.24) is 20.1 Å². The molecule has 134 valence electrons. The number of piperazine rings is 1. The highest BCUT2D eigenvalue weighted by atomic mass is 16.2. The van der Waals surface area contributed by atoms with Crippen LogP contribution in [-0.4, -0.2) is 65.9 Å². The average Bonchev–Trinajstić information content (AvgIpc) is 3.03. The number of H-pyrrole nitrogens is 1. The standard InChI is InChI=1S/C19H26N4O2/c1-15(24)20-8-6-19(25)23-12-10-22(11-13-23)9-7-16-14-21-18-5-3-2-4-17(16)18/h2-5,14,21H,6-13H2,1H3,(H,20,24). The lowest BCUT2D eigenvalue weighted by Gasteiger charge is -2.34. The van der Waals surface area contributed by atoms with Gasteiger partial charge in [0.1, 0.15) is 0 Å². The number of rotatable bonds is 6. The van der Waals surface area contributed by atoms with Crippen molar-refractivity contribution < 1.29 is 9.59 Å². The van der Waals surface area contributed by atoms with Gasteiger partial charge in [0, 0.05) is 69.7 Å². The number of para-hydroxylation sites is 1. The number of carbonyl (C=O) groups excluding carboxylic acids is 2. The van der Waals surface area contributed by atoms with Crippen LogP contribution in [0.1, 0.15) is 18.9 Å². The molecule has 0 atom stereocenters. The second-order valence-corrected chi connectivity index (χ2v) is 6.56. The number of hydrogen-bond donors (Lipinski definition) is 2. The van der Waals surface area contributed by atoms with Gasteiger partial charge in [0.2, 0.25) is 11.8 Å². The molecule has 2 amide bonds. The Morgan fingerprint density at radius 2 is 1.92 bits per heavy atom. The highest BCUT2D eigenvalue weighted by molar-refractivity contribution is 5.83. The second kappa shape index (κ2) is 8.16. The highest BCUT2D eigenvalue weighted by Crippen LogP contribution is 2.18. The van der Waals surface area contributed by atoms with Crippen molar-refractivity contribution in [2.45, 2.75) is 19.8 Å². The molecule has 6 heteroatoms. The summed E-state index contributed by atoms with van der Waals surface area (Å²) in [5.74, 6) is 0.0416. The first kappa shape index (κ1) is 17.5. The lowest BCUT2D eigenvalue weighted by atomic mass is 10.1. The fourth-order valence-electron chi connectivity index (χ4n) is 3.34. The van der Waals surface area contributed by atoms with Crippen molar-refractivity contribution in [3.05, 3.63) is 36.0 Å². The van der Waals surface area contributed by atoms with Gasteiger partial charge in [-0.2, -0.15) is 0 Å². The molecule has 0 unspecified atom stereocenters. The van der Waals surface area contributed by atoms with E-state index in [2.05, 4.69) is 39.6 Å². The fraction of sp³-hybridized carbons (Fsp3) is 0.474. The number of nitrogens with zero attached hydrogens (tertiary/aromatic N) is 2. The van der Waals surface area contributed by atoms with E-state index >= 15 is 0 Å². The van der Waals surface area contributed by atoms with E-state index in [0.29, 0.717) is 13.0 Å². The minimum Gasteiger partial charge on any atom is -0.361 e. The maximum absolute atomic E-state index is 12.1. The molecule has 1 aromatic carbocycles. The van der Waals surface area contributed by atoms with Gasteiger partial charge >= 0.3 is 0 Å². The predicted octanol–water partition coefficient (Wildman–Crippen LogP) is 1.38. The van der Waals surface area contributed by atoms with Crippen LogP contribution in [0.3, 0.4) is 0 Å². The lowest BCUT2D eigenvalue weighted by molar-refractivity contribution is -0.132. The third-order valence-electron chi connectivity index (χ3n) is 4.81. The first-order valence-corrected chi connectivity index (χ1v) is 8.93. The van der Waals surface area contributed by atoms with Crippen molar-refractivity contribution in [3.63, 3.8) is 0 Å². The number of aromatic amines is 1. The summed E-state index contributed by atoms with van der Waals surface area (Å²) in [6, 6.07) is 8.38. The zero-order valence-electron chi connectivity index (χ0n) is 14.8. The maximum Gasteiger partial charge on any atom is 0.224 e. The summed E-state index contributed by atoms with van der Waals surface area (Å²) >= 11 is 0. The van der Waals surface area contributed by atoms with E-state index < -0.39 is 0 Å². The van der Waals surface area contributed by atoms with Gasteiger partial charge in [-0.3, -0.25) is 14.5 Å². The molecule has 1 aromatic heterocycles.